The van der Waals surface area contributed by atoms with Crippen LogP contribution in [-0.2, 0) is 17.9 Å². The molecule has 3 aromatic rings. The fourth-order valence-electron chi connectivity index (χ4n) is 3.95. The van der Waals surface area contributed by atoms with E-state index in [9.17, 15) is 4.79 Å². The number of rotatable bonds is 3. The number of carbonyl (C=O) groups excluding carboxylic acids is 1. The fraction of sp³-hybridized carbons (Fsp3) is 0.318. The number of nitrogens with zero attached hydrogens (tertiary/aromatic N) is 5. The summed E-state index contributed by atoms with van der Waals surface area (Å²) in [5, 5.41) is 5.29. The van der Waals surface area contributed by atoms with Crippen LogP contribution in [0, 0.1) is 0 Å². The van der Waals surface area contributed by atoms with E-state index in [0.29, 0.717) is 37.0 Å². The number of pyridine rings is 1. The lowest BCUT2D eigenvalue weighted by Crippen LogP contribution is -2.49. The molecule has 1 fully saturated rings. The van der Waals surface area contributed by atoms with Crippen molar-refractivity contribution in [3.63, 3.8) is 0 Å². The van der Waals surface area contributed by atoms with Crippen LogP contribution in [0.15, 0.2) is 54.7 Å². The van der Waals surface area contributed by atoms with Gasteiger partial charge in [0, 0.05) is 37.4 Å². The molecule has 154 valence electrons. The third kappa shape index (κ3) is 3.78. The van der Waals surface area contributed by atoms with E-state index in [2.05, 4.69) is 15.0 Å². The molecule has 8 heteroatoms. The average Bonchev–Trinajstić information content (AvgIpc) is 3.23. The van der Waals surface area contributed by atoms with Crippen molar-refractivity contribution < 1.29 is 9.53 Å². The van der Waals surface area contributed by atoms with Crippen LogP contribution >= 0.6 is 11.6 Å². The van der Waals surface area contributed by atoms with Crippen LogP contribution in [0.25, 0.3) is 0 Å². The zero-order chi connectivity index (χ0) is 20.5. The van der Waals surface area contributed by atoms with Crippen molar-refractivity contribution in [3.8, 4) is 0 Å². The van der Waals surface area contributed by atoms with Gasteiger partial charge >= 0.3 is 0 Å². The van der Waals surface area contributed by atoms with Crippen molar-refractivity contribution in [2.24, 2.45) is 0 Å². The van der Waals surface area contributed by atoms with Gasteiger partial charge in [-0.15, -0.1) is 0 Å². The number of hydrogen-bond donors (Lipinski definition) is 0. The Bertz CT molecular complexity index is 1030. The van der Waals surface area contributed by atoms with Gasteiger partial charge in [-0.25, -0.2) is 4.98 Å². The predicted octanol–water partition coefficient (Wildman–Crippen LogP) is 3.17. The number of piperazine rings is 1. The van der Waals surface area contributed by atoms with Crippen LogP contribution in [0.5, 0.6) is 0 Å². The van der Waals surface area contributed by atoms with Crippen molar-refractivity contribution >= 4 is 23.3 Å². The molecule has 0 bridgehead atoms. The van der Waals surface area contributed by atoms with E-state index in [4.69, 9.17) is 16.3 Å². The molecule has 0 aliphatic carbocycles. The lowest BCUT2D eigenvalue weighted by molar-refractivity contribution is -0.00121. The number of benzene rings is 1. The maximum absolute atomic E-state index is 13.0. The second-order valence-electron chi connectivity index (χ2n) is 7.52. The Morgan fingerprint density at radius 2 is 1.87 bits per heavy atom. The molecule has 0 N–H and O–H groups in total. The Kier molecular flexibility index (Phi) is 5.14. The topological polar surface area (TPSA) is 63.5 Å². The molecule has 2 aromatic heterocycles. The van der Waals surface area contributed by atoms with Crippen molar-refractivity contribution in [3.05, 3.63) is 76.7 Å². The summed E-state index contributed by atoms with van der Waals surface area (Å²) in [6.07, 6.45) is 1.70. The monoisotopic (exact) mass is 423 g/mol. The van der Waals surface area contributed by atoms with E-state index in [1.807, 2.05) is 58.1 Å². The molecule has 7 nitrogen and oxygen atoms in total. The molecule has 0 saturated carbocycles. The van der Waals surface area contributed by atoms with Gasteiger partial charge in [0.2, 0.25) is 0 Å². The smallest absolute Gasteiger partial charge is 0.274 e. The highest BCUT2D eigenvalue weighted by Gasteiger charge is 2.28. The number of aromatic nitrogens is 3. The molecule has 1 unspecified atom stereocenters. The van der Waals surface area contributed by atoms with Crippen LogP contribution in [0.1, 0.15) is 27.8 Å². The SMILES string of the molecule is O=C(c1cc2n(n1)CC(c1ccc(Cl)cc1)OC2)N1CCN(c2ccccn2)CC1. The first-order valence-electron chi connectivity index (χ1n) is 10.1. The first-order valence-corrected chi connectivity index (χ1v) is 10.4. The summed E-state index contributed by atoms with van der Waals surface area (Å²) in [6.45, 7) is 3.85. The Labute approximate surface area is 179 Å². The van der Waals surface area contributed by atoms with Crippen LogP contribution in [0.3, 0.4) is 0 Å². The van der Waals surface area contributed by atoms with Crippen LogP contribution < -0.4 is 4.90 Å². The summed E-state index contributed by atoms with van der Waals surface area (Å²) >= 11 is 5.98. The number of anilines is 1. The van der Waals surface area contributed by atoms with E-state index in [1.54, 1.807) is 6.20 Å². The van der Waals surface area contributed by atoms with Crippen molar-refractivity contribution in [1.29, 1.82) is 0 Å². The lowest BCUT2D eigenvalue weighted by atomic mass is 10.1. The number of carbonyl (C=O) groups is 1. The van der Waals surface area contributed by atoms with Gasteiger partial charge in [-0.1, -0.05) is 29.8 Å². The van der Waals surface area contributed by atoms with Crippen molar-refractivity contribution in [2.45, 2.75) is 19.3 Å². The lowest BCUT2D eigenvalue weighted by Gasteiger charge is -2.35. The predicted molar refractivity (Wildman–Crippen MR) is 114 cm³/mol. The highest BCUT2D eigenvalue weighted by Crippen LogP contribution is 2.27. The van der Waals surface area contributed by atoms with E-state index < -0.39 is 0 Å². The molecule has 2 aliphatic heterocycles. The normalized spacial score (nSPS) is 18.9. The minimum Gasteiger partial charge on any atom is -0.365 e. The molecule has 1 saturated heterocycles. The van der Waals surface area contributed by atoms with Crippen molar-refractivity contribution in [2.75, 3.05) is 31.1 Å². The molecular formula is C22H22ClN5O2. The standard InChI is InChI=1S/C22H22ClN5O2/c23-17-6-4-16(5-7-17)20-14-28-18(15-30-20)13-19(25-28)22(29)27-11-9-26(10-12-27)21-3-1-2-8-24-21/h1-8,13,20H,9-12,14-15H2. The zero-order valence-electron chi connectivity index (χ0n) is 16.4. The van der Waals surface area contributed by atoms with E-state index in [-0.39, 0.29) is 12.0 Å². The maximum atomic E-state index is 13.0. The first-order chi connectivity index (χ1) is 14.7. The average molecular weight is 424 g/mol. The number of hydrogen-bond acceptors (Lipinski definition) is 5. The third-order valence-electron chi connectivity index (χ3n) is 5.64. The molecule has 1 atom stereocenters. The Morgan fingerprint density at radius 1 is 1.07 bits per heavy atom. The number of ether oxygens (including phenoxy) is 1. The summed E-state index contributed by atoms with van der Waals surface area (Å²) in [5.41, 5.74) is 2.46. The Balaban J connectivity index is 1.24. The molecule has 1 aromatic carbocycles. The highest BCUT2D eigenvalue weighted by molar-refractivity contribution is 6.30. The van der Waals surface area contributed by atoms with Gasteiger partial charge in [-0.3, -0.25) is 9.48 Å². The summed E-state index contributed by atoms with van der Waals surface area (Å²) in [7, 11) is 0. The molecule has 1 amide bonds. The molecule has 0 spiro atoms. The summed E-state index contributed by atoms with van der Waals surface area (Å²) < 4.78 is 7.88. The fourth-order valence-corrected chi connectivity index (χ4v) is 4.08. The summed E-state index contributed by atoms with van der Waals surface area (Å²) in [5.74, 6) is 0.924. The highest BCUT2D eigenvalue weighted by atomic mass is 35.5. The zero-order valence-corrected chi connectivity index (χ0v) is 17.2. The number of amides is 1. The molecule has 5 rings (SSSR count). The van der Waals surface area contributed by atoms with Crippen molar-refractivity contribution in [1.82, 2.24) is 19.7 Å². The van der Waals surface area contributed by atoms with Crippen LogP contribution in [0.4, 0.5) is 5.82 Å². The Hall–Kier alpha value is -2.90. The van der Waals surface area contributed by atoms with E-state index in [1.165, 1.54) is 0 Å². The van der Waals surface area contributed by atoms with Gasteiger partial charge in [-0.2, -0.15) is 5.10 Å². The number of halogens is 1. The van der Waals surface area contributed by atoms with Crippen LogP contribution in [-0.4, -0.2) is 51.8 Å². The second-order valence-corrected chi connectivity index (χ2v) is 7.96. The van der Waals surface area contributed by atoms with E-state index in [0.717, 1.165) is 30.2 Å². The van der Waals surface area contributed by atoms with Gasteiger partial charge in [0.15, 0.2) is 5.69 Å². The second kappa shape index (κ2) is 8.08. The minimum absolute atomic E-state index is 0.0272. The largest absolute Gasteiger partial charge is 0.365 e. The molecule has 0 radical (unpaired) electrons. The van der Waals surface area contributed by atoms with Gasteiger partial charge in [0.05, 0.1) is 18.8 Å². The van der Waals surface area contributed by atoms with Crippen LogP contribution in [0.2, 0.25) is 5.02 Å². The first kappa shape index (κ1) is 19.1. The number of fused-ring (bicyclic) bond motifs is 1. The van der Waals surface area contributed by atoms with Gasteiger partial charge in [0.25, 0.3) is 5.91 Å². The summed E-state index contributed by atoms with van der Waals surface area (Å²) in [6, 6.07) is 15.4. The minimum atomic E-state index is -0.0977. The molecule has 4 heterocycles. The Morgan fingerprint density at radius 3 is 2.60 bits per heavy atom. The van der Waals surface area contributed by atoms with E-state index >= 15 is 0 Å². The summed E-state index contributed by atoms with van der Waals surface area (Å²) in [4.78, 5) is 21.5. The molecule has 30 heavy (non-hydrogen) atoms. The molecular weight excluding hydrogens is 402 g/mol. The molecule has 2 aliphatic rings. The quantitative estimate of drug-likeness (QED) is 0.647. The maximum Gasteiger partial charge on any atom is 0.274 e. The third-order valence-corrected chi connectivity index (χ3v) is 5.89. The van der Waals surface area contributed by atoms with Gasteiger partial charge < -0.3 is 14.5 Å². The van der Waals surface area contributed by atoms with Gasteiger partial charge in [-0.05, 0) is 35.9 Å². The van der Waals surface area contributed by atoms with Gasteiger partial charge in [0.1, 0.15) is 11.9 Å².